The fraction of sp³-hybridized carbons (Fsp3) is 0.769. The summed E-state index contributed by atoms with van der Waals surface area (Å²) >= 11 is 6.32. The number of aryl methyl sites for hydroxylation is 2. The van der Waals surface area contributed by atoms with E-state index in [0.717, 1.165) is 37.0 Å². The molecule has 1 aromatic rings. The van der Waals surface area contributed by atoms with E-state index in [1.165, 1.54) is 5.56 Å². The summed E-state index contributed by atoms with van der Waals surface area (Å²) in [7, 11) is 1.90. The maximum Gasteiger partial charge on any atom is 0.131 e. The first kappa shape index (κ1) is 13.8. The molecular formula is C13H23ClN4. The number of hydrogen-bond acceptors (Lipinski definition) is 3. The van der Waals surface area contributed by atoms with Gasteiger partial charge in [0.25, 0.3) is 0 Å². The Morgan fingerprint density at radius 2 is 2.22 bits per heavy atom. The van der Waals surface area contributed by atoms with Gasteiger partial charge in [-0.3, -0.25) is 9.58 Å². The van der Waals surface area contributed by atoms with Crippen molar-refractivity contribution < 1.29 is 0 Å². The van der Waals surface area contributed by atoms with Crippen LogP contribution in [0.15, 0.2) is 0 Å². The average Bonchev–Trinajstić information content (AvgIpc) is 2.56. The molecule has 4 nitrogen and oxygen atoms in total. The Balaban J connectivity index is 2.16. The Bertz CT molecular complexity index is 413. The molecule has 1 atom stereocenters. The van der Waals surface area contributed by atoms with Crippen LogP contribution in [0.2, 0.25) is 5.15 Å². The van der Waals surface area contributed by atoms with E-state index in [9.17, 15) is 0 Å². The number of nitrogens with zero attached hydrogens (tertiary/aromatic N) is 3. The summed E-state index contributed by atoms with van der Waals surface area (Å²) < 4.78 is 1.76. The molecule has 102 valence electrons. The monoisotopic (exact) mass is 270 g/mol. The van der Waals surface area contributed by atoms with Crippen LogP contribution in [0.3, 0.4) is 0 Å². The second-order valence-corrected chi connectivity index (χ2v) is 5.82. The molecule has 1 aliphatic heterocycles. The minimum atomic E-state index is 0.578. The number of rotatable bonds is 3. The zero-order chi connectivity index (χ0) is 13.3. The molecular weight excluding hydrogens is 248 g/mol. The van der Waals surface area contributed by atoms with E-state index in [2.05, 4.69) is 29.2 Å². The minimum Gasteiger partial charge on any atom is -0.314 e. The van der Waals surface area contributed by atoms with Gasteiger partial charge < -0.3 is 5.32 Å². The first-order valence-corrected chi connectivity index (χ1v) is 7.01. The van der Waals surface area contributed by atoms with E-state index < -0.39 is 0 Å². The molecule has 1 aromatic heterocycles. The molecule has 0 amide bonds. The highest BCUT2D eigenvalue weighted by Crippen LogP contribution is 2.23. The largest absolute Gasteiger partial charge is 0.314 e. The lowest BCUT2D eigenvalue weighted by molar-refractivity contribution is 0.117. The molecule has 0 radical (unpaired) electrons. The molecule has 1 saturated heterocycles. The highest BCUT2D eigenvalue weighted by atomic mass is 35.5. The Labute approximate surface area is 114 Å². The molecule has 0 aromatic carbocycles. The van der Waals surface area contributed by atoms with Crippen LogP contribution in [0.4, 0.5) is 0 Å². The lowest BCUT2D eigenvalue weighted by atomic mass is 10.00. The van der Waals surface area contributed by atoms with Gasteiger partial charge >= 0.3 is 0 Å². The third-order valence-corrected chi connectivity index (χ3v) is 4.27. The standard InChI is InChI=1S/C13H23ClN4/c1-9(2)12-7-15-5-6-18(12)8-11-10(3)16-17(4)13(11)14/h9,12,15H,5-8H2,1-4H3. The molecule has 18 heavy (non-hydrogen) atoms. The zero-order valence-corrected chi connectivity index (χ0v) is 12.5. The predicted molar refractivity (Wildman–Crippen MR) is 74.9 cm³/mol. The fourth-order valence-corrected chi connectivity index (χ4v) is 2.91. The predicted octanol–water partition coefficient (Wildman–Crippen LogP) is 1.81. The van der Waals surface area contributed by atoms with E-state index in [0.29, 0.717) is 12.0 Å². The van der Waals surface area contributed by atoms with E-state index in [1.54, 1.807) is 4.68 Å². The van der Waals surface area contributed by atoms with Gasteiger partial charge in [0, 0.05) is 44.8 Å². The van der Waals surface area contributed by atoms with Gasteiger partial charge in [-0.05, 0) is 12.8 Å². The van der Waals surface area contributed by atoms with Crippen molar-refractivity contribution >= 4 is 11.6 Å². The number of nitrogens with one attached hydrogen (secondary N) is 1. The number of piperazine rings is 1. The van der Waals surface area contributed by atoms with Crippen molar-refractivity contribution in [1.29, 1.82) is 0 Å². The molecule has 5 heteroatoms. The molecule has 1 aliphatic rings. The molecule has 1 fully saturated rings. The molecule has 0 aliphatic carbocycles. The molecule has 0 spiro atoms. The van der Waals surface area contributed by atoms with Crippen LogP contribution < -0.4 is 5.32 Å². The van der Waals surface area contributed by atoms with Crippen molar-refractivity contribution in [2.75, 3.05) is 19.6 Å². The highest BCUT2D eigenvalue weighted by Gasteiger charge is 2.26. The Morgan fingerprint density at radius 3 is 2.78 bits per heavy atom. The van der Waals surface area contributed by atoms with Crippen molar-refractivity contribution in [3.8, 4) is 0 Å². The Hall–Kier alpha value is -0.580. The quantitative estimate of drug-likeness (QED) is 0.910. The SMILES string of the molecule is Cc1nn(C)c(Cl)c1CN1CCNCC1C(C)C. The third kappa shape index (κ3) is 2.71. The van der Waals surface area contributed by atoms with Crippen molar-refractivity contribution in [2.45, 2.75) is 33.4 Å². The van der Waals surface area contributed by atoms with Crippen molar-refractivity contribution in [2.24, 2.45) is 13.0 Å². The lowest BCUT2D eigenvalue weighted by Gasteiger charge is -2.38. The maximum absolute atomic E-state index is 6.32. The molecule has 0 bridgehead atoms. The van der Waals surface area contributed by atoms with Crippen LogP contribution in [0.5, 0.6) is 0 Å². The minimum absolute atomic E-state index is 0.578. The van der Waals surface area contributed by atoms with E-state index in [4.69, 9.17) is 11.6 Å². The normalized spacial score (nSPS) is 21.8. The summed E-state index contributed by atoms with van der Waals surface area (Å²) in [5, 5.41) is 8.63. The van der Waals surface area contributed by atoms with Gasteiger partial charge in [-0.2, -0.15) is 5.10 Å². The second-order valence-electron chi connectivity index (χ2n) is 5.46. The van der Waals surface area contributed by atoms with Crippen LogP contribution >= 0.6 is 11.6 Å². The van der Waals surface area contributed by atoms with Crippen molar-refractivity contribution in [3.05, 3.63) is 16.4 Å². The van der Waals surface area contributed by atoms with Gasteiger partial charge in [-0.25, -0.2) is 0 Å². The lowest BCUT2D eigenvalue weighted by Crippen LogP contribution is -2.53. The number of halogens is 1. The molecule has 2 heterocycles. The molecule has 2 rings (SSSR count). The molecule has 1 unspecified atom stereocenters. The van der Waals surface area contributed by atoms with Gasteiger partial charge in [0.1, 0.15) is 5.15 Å². The van der Waals surface area contributed by atoms with Crippen molar-refractivity contribution in [3.63, 3.8) is 0 Å². The maximum atomic E-state index is 6.32. The number of aromatic nitrogens is 2. The highest BCUT2D eigenvalue weighted by molar-refractivity contribution is 6.30. The van der Waals surface area contributed by atoms with Crippen molar-refractivity contribution in [1.82, 2.24) is 20.0 Å². The number of hydrogen-bond donors (Lipinski definition) is 1. The summed E-state index contributed by atoms with van der Waals surface area (Å²) in [6, 6.07) is 0.578. The fourth-order valence-electron chi connectivity index (χ4n) is 2.68. The van der Waals surface area contributed by atoms with E-state index in [1.807, 2.05) is 14.0 Å². The van der Waals surface area contributed by atoms with Crippen LogP contribution in [0.1, 0.15) is 25.1 Å². The van der Waals surface area contributed by atoms with Gasteiger partial charge in [0.15, 0.2) is 0 Å². The third-order valence-electron chi connectivity index (χ3n) is 3.80. The summed E-state index contributed by atoms with van der Waals surface area (Å²) in [5.41, 5.74) is 2.22. The van der Waals surface area contributed by atoms with Crippen LogP contribution in [-0.2, 0) is 13.6 Å². The van der Waals surface area contributed by atoms with Crippen LogP contribution in [-0.4, -0.2) is 40.4 Å². The summed E-state index contributed by atoms with van der Waals surface area (Å²) in [6.07, 6.45) is 0. The van der Waals surface area contributed by atoms with Crippen LogP contribution in [0, 0.1) is 12.8 Å². The van der Waals surface area contributed by atoms with Gasteiger partial charge in [0.05, 0.1) is 5.69 Å². The molecule has 0 saturated carbocycles. The van der Waals surface area contributed by atoms with Gasteiger partial charge in [-0.1, -0.05) is 25.4 Å². The Kier molecular flexibility index (Phi) is 4.30. The summed E-state index contributed by atoms with van der Waals surface area (Å²) in [6.45, 7) is 10.7. The van der Waals surface area contributed by atoms with Crippen LogP contribution in [0.25, 0.3) is 0 Å². The molecule has 1 N–H and O–H groups in total. The first-order valence-electron chi connectivity index (χ1n) is 6.63. The summed E-state index contributed by atoms with van der Waals surface area (Å²) in [5.74, 6) is 0.647. The second kappa shape index (κ2) is 5.59. The topological polar surface area (TPSA) is 33.1 Å². The smallest absolute Gasteiger partial charge is 0.131 e. The Morgan fingerprint density at radius 1 is 1.50 bits per heavy atom. The average molecular weight is 271 g/mol. The zero-order valence-electron chi connectivity index (χ0n) is 11.7. The summed E-state index contributed by atoms with van der Waals surface area (Å²) in [4.78, 5) is 2.52. The van der Waals surface area contributed by atoms with Gasteiger partial charge in [0.2, 0.25) is 0 Å². The van der Waals surface area contributed by atoms with Gasteiger partial charge in [-0.15, -0.1) is 0 Å². The van der Waals surface area contributed by atoms with E-state index >= 15 is 0 Å². The van der Waals surface area contributed by atoms with E-state index in [-0.39, 0.29) is 0 Å². The first-order chi connectivity index (χ1) is 8.50.